The third-order valence-corrected chi connectivity index (χ3v) is 4.38. The van der Waals surface area contributed by atoms with Gasteiger partial charge in [-0.3, -0.25) is 9.62 Å². The van der Waals surface area contributed by atoms with Crippen LogP contribution in [0.2, 0.25) is 0 Å². The summed E-state index contributed by atoms with van der Waals surface area (Å²) < 4.78 is 27.8. The second-order valence-corrected chi connectivity index (χ2v) is 6.52. The van der Waals surface area contributed by atoms with Crippen LogP contribution in [0.3, 0.4) is 0 Å². The van der Waals surface area contributed by atoms with Crippen LogP contribution in [0.15, 0.2) is 39.9 Å². The summed E-state index contributed by atoms with van der Waals surface area (Å²) in [5.74, 6) is 0.467. The number of urea groups is 1. The van der Waals surface area contributed by atoms with Gasteiger partial charge < -0.3 is 9.15 Å². The lowest BCUT2D eigenvalue weighted by Crippen LogP contribution is -2.35. The first-order valence-electron chi connectivity index (χ1n) is 8.46. The Labute approximate surface area is 161 Å². The molecule has 1 saturated heterocycles. The fourth-order valence-corrected chi connectivity index (χ4v) is 2.95. The van der Waals surface area contributed by atoms with E-state index in [1.807, 2.05) is 0 Å². The summed E-state index contributed by atoms with van der Waals surface area (Å²) in [7, 11) is 0. The topological polar surface area (TPSA) is 79.1 Å². The van der Waals surface area contributed by atoms with Crippen LogP contribution in [-0.4, -0.2) is 49.7 Å². The van der Waals surface area contributed by atoms with Gasteiger partial charge in [0.2, 0.25) is 0 Å². The zero-order chi connectivity index (χ0) is 19.1. The lowest BCUT2D eigenvalue weighted by Gasteiger charge is -2.26. The molecular weight excluding hydrogens is 371 g/mol. The molecule has 0 aliphatic carbocycles. The Hall–Kier alpha value is -2.36. The van der Waals surface area contributed by atoms with E-state index in [2.05, 4.69) is 20.1 Å². The molecule has 1 aromatic heterocycles. The minimum Gasteiger partial charge on any atom is -0.455 e. The van der Waals surface area contributed by atoms with Gasteiger partial charge in [-0.1, -0.05) is 18.0 Å². The van der Waals surface area contributed by atoms with E-state index in [1.54, 1.807) is 30.5 Å². The van der Waals surface area contributed by atoms with E-state index in [0.717, 1.165) is 50.4 Å². The number of ether oxygens (including phenoxy) is 1. The smallest absolute Gasteiger partial charge is 0.345 e. The predicted molar refractivity (Wildman–Crippen MR) is 103 cm³/mol. The van der Waals surface area contributed by atoms with E-state index in [-0.39, 0.29) is 5.82 Å². The summed E-state index contributed by atoms with van der Waals surface area (Å²) in [5.41, 5.74) is 3.70. The van der Waals surface area contributed by atoms with Crippen LogP contribution in [0.25, 0.3) is 11.3 Å². The van der Waals surface area contributed by atoms with Gasteiger partial charge in [0, 0.05) is 25.9 Å². The van der Waals surface area contributed by atoms with Gasteiger partial charge in [-0.2, -0.15) is 5.10 Å². The number of amides is 2. The number of benzene rings is 1. The predicted octanol–water partition coefficient (Wildman–Crippen LogP) is 2.83. The van der Waals surface area contributed by atoms with Gasteiger partial charge in [0.05, 0.1) is 25.0 Å². The molecule has 9 heteroatoms. The van der Waals surface area contributed by atoms with E-state index in [4.69, 9.17) is 9.15 Å². The average Bonchev–Trinajstić information content (AvgIpc) is 3.13. The number of rotatable bonds is 6. The van der Waals surface area contributed by atoms with Crippen molar-refractivity contribution < 1.29 is 18.3 Å². The first-order chi connectivity index (χ1) is 13.2. The van der Waals surface area contributed by atoms with Crippen molar-refractivity contribution in [3.05, 3.63) is 47.5 Å². The highest BCUT2D eigenvalue weighted by molar-refractivity contribution is 7.97. The number of hydrazone groups is 1. The zero-order valence-corrected chi connectivity index (χ0v) is 15.7. The Bertz CT molecular complexity index is 806. The molecule has 2 amide bonds. The fourth-order valence-electron chi connectivity index (χ4n) is 2.71. The maximum Gasteiger partial charge on any atom is 0.345 e. The fraction of sp³-hybridized carbons (Fsp3) is 0.333. The van der Waals surface area contributed by atoms with Crippen LogP contribution in [0.4, 0.5) is 9.18 Å². The number of carbonyl (C=O) groups is 1. The molecule has 2 heterocycles. The van der Waals surface area contributed by atoms with Gasteiger partial charge in [0.1, 0.15) is 17.3 Å². The summed E-state index contributed by atoms with van der Waals surface area (Å²) in [6, 6.07) is 7.95. The number of carbonyl (C=O) groups excluding carboxylic acids is 1. The van der Waals surface area contributed by atoms with Gasteiger partial charge >= 0.3 is 6.03 Å². The van der Waals surface area contributed by atoms with Crippen LogP contribution in [-0.2, 0) is 11.3 Å². The SMILES string of the molecule is CSNC(=O)N/N=C/c1ccc(-c2cc(CN3CCOCC3)ccc2F)o1. The molecule has 1 aromatic carbocycles. The van der Waals surface area contributed by atoms with Crippen LogP contribution in [0.1, 0.15) is 11.3 Å². The van der Waals surface area contributed by atoms with E-state index >= 15 is 0 Å². The first kappa shape index (κ1) is 19.4. The Morgan fingerprint density at radius 3 is 2.93 bits per heavy atom. The summed E-state index contributed by atoms with van der Waals surface area (Å²) in [6.45, 7) is 3.91. The second-order valence-electron chi connectivity index (χ2n) is 5.91. The van der Waals surface area contributed by atoms with Crippen molar-refractivity contribution in [3.8, 4) is 11.3 Å². The normalized spacial score (nSPS) is 15.2. The van der Waals surface area contributed by atoms with Crippen molar-refractivity contribution in [3.63, 3.8) is 0 Å². The number of nitrogens with zero attached hydrogens (tertiary/aromatic N) is 2. The molecule has 0 bridgehead atoms. The molecule has 144 valence electrons. The van der Waals surface area contributed by atoms with Gasteiger partial charge in [-0.15, -0.1) is 0 Å². The molecule has 3 rings (SSSR count). The summed E-state index contributed by atoms with van der Waals surface area (Å²) in [5, 5.41) is 3.78. The molecule has 27 heavy (non-hydrogen) atoms. The van der Waals surface area contributed by atoms with Crippen molar-refractivity contribution in [2.45, 2.75) is 6.54 Å². The Kier molecular flexibility index (Phi) is 6.86. The quantitative estimate of drug-likeness (QED) is 0.449. The molecule has 1 aliphatic rings. The average molecular weight is 392 g/mol. The van der Waals surface area contributed by atoms with Crippen molar-refractivity contribution >= 4 is 24.2 Å². The third kappa shape index (κ3) is 5.56. The molecule has 7 nitrogen and oxygen atoms in total. The van der Waals surface area contributed by atoms with E-state index in [0.29, 0.717) is 17.1 Å². The van der Waals surface area contributed by atoms with Crippen LogP contribution >= 0.6 is 11.9 Å². The summed E-state index contributed by atoms with van der Waals surface area (Å²) >= 11 is 1.16. The number of furan rings is 1. The van der Waals surface area contributed by atoms with Crippen LogP contribution in [0, 0.1) is 5.82 Å². The number of hydrogen-bond donors (Lipinski definition) is 2. The van der Waals surface area contributed by atoms with Gasteiger partial charge in [0.25, 0.3) is 0 Å². The highest BCUT2D eigenvalue weighted by Crippen LogP contribution is 2.26. The lowest BCUT2D eigenvalue weighted by atomic mass is 10.1. The third-order valence-electron chi connectivity index (χ3n) is 3.99. The van der Waals surface area contributed by atoms with Gasteiger partial charge in [-0.25, -0.2) is 14.6 Å². The van der Waals surface area contributed by atoms with Crippen molar-refractivity contribution in [1.82, 2.24) is 15.0 Å². The second kappa shape index (κ2) is 9.54. The Morgan fingerprint density at radius 1 is 1.33 bits per heavy atom. The molecule has 0 saturated carbocycles. The number of halogens is 1. The Balaban J connectivity index is 1.68. The van der Waals surface area contributed by atoms with Crippen LogP contribution in [0.5, 0.6) is 0 Å². The molecule has 0 spiro atoms. The van der Waals surface area contributed by atoms with Crippen molar-refractivity contribution in [2.75, 3.05) is 32.6 Å². The maximum atomic E-state index is 14.3. The van der Waals surface area contributed by atoms with Crippen molar-refractivity contribution in [1.29, 1.82) is 0 Å². The van der Waals surface area contributed by atoms with E-state index in [1.165, 1.54) is 12.3 Å². The monoisotopic (exact) mass is 392 g/mol. The van der Waals surface area contributed by atoms with Gasteiger partial charge in [0.15, 0.2) is 0 Å². The lowest BCUT2D eigenvalue weighted by molar-refractivity contribution is 0.0342. The minimum atomic E-state index is -0.438. The molecular formula is C18H21FN4O3S. The molecule has 0 atom stereocenters. The largest absolute Gasteiger partial charge is 0.455 e. The summed E-state index contributed by atoms with van der Waals surface area (Å²) in [6.07, 6.45) is 3.09. The van der Waals surface area contributed by atoms with E-state index in [9.17, 15) is 9.18 Å². The Morgan fingerprint density at radius 2 is 2.15 bits per heavy atom. The number of morpholine rings is 1. The summed E-state index contributed by atoms with van der Waals surface area (Å²) in [4.78, 5) is 13.5. The molecule has 1 aliphatic heterocycles. The first-order valence-corrected chi connectivity index (χ1v) is 9.69. The molecule has 0 radical (unpaired) electrons. The number of hydrogen-bond acceptors (Lipinski definition) is 6. The van der Waals surface area contributed by atoms with E-state index < -0.39 is 6.03 Å². The molecule has 1 fully saturated rings. The highest BCUT2D eigenvalue weighted by atomic mass is 32.2. The van der Waals surface area contributed by atoms with Gasteiger partial charge in [-0.05, 0) is 29.8 Å². The molecule has 2 N–H and O–H groups in total. The number of nitrogens with one attached hydrogen (secondary N) is 2. The maximum absolute atomic E-state index is 14.3. The standard InChI is InChI=1S/C18H21FN4O3S/c1-27-22-18(24)21-20-11-14-3-5-17(26-14)15-10-13(2-4-16(15)19)12-23-6-8-25-9-7-23/h2-5,10-11H,6-9,12H2,1H3,(H2,21,22,24)/b20-11+. The minimum absolute atomic E-state index is 0.351. The highest BCUT2D eigenvalue weighted by Gasteiger charge is 2.14. The molecule has 2 aromatic rings. The molecule has 0 unspecified atom stereocenters. The van der Waals surface area contributed by atoms with Crippen molar-refractivity contribution in [2.24, 2.45) is 5.10 Å². The zero-order valence-electron chi connectivity index (χ0n) is 14.9. The van der Waals surface area contributed by atoms with Crippen LogP contribution < -0.4 is 10.1 Å².